The van der Waals surface area contributed by atoms with E-state index in [1.54, 1.807) is 25.5 Å². The number of hydrogen-bond donors (Lipinski definition) is 0. The molecule has 0 saturated heterocycles. The van der Waals surface area contributed by atoms with Crippen LogP contribution in [0.3, 0.4) is 0 Å². The van der Waals surface area contributed by atoms with E-state index in [1.807, 2.05) is 79.1 Å². The summed E-state index contributed by atoms with van der Waals surface area (Å²) >= 11 is 0. The Labute approximate surface area is 292 Å². The molecular formula is C37H51N5O6S. The quantitative estimate of drug-likeness (QED) is 0.0797. The lowest BCUT2D eigenvalue weighted by Gasteiger charge is -2.28. The van der Waals surface area contributed by atoms with Crippen LogP contribution in [-0.4, -0.2) is 66.0 Å². The number of nitrogens with zero attached hydrogens (tertiary/aromatic N) is 5. The molecule has 11 nitrogen and oxygen atoms in total. The number of fused-ring (bicyclic) bond motifs is 2. The molecule has 3 aromatic heterocycles. The summed E-state index contributed by atoms with van der Waals surface area (Å²) < 4.78 is 36.8. The maximum atomic E-state index is 12.7. The number of aromatic nitrogens is 4. The summed E-state index contributed by atoms with van der Waals surface area (Å²) in [5, 5.41) is 0.928. The predicted molar refractivity (Wildman–Crippen MR) is 196 cm³/mol. The van der Waals surface area contributed by atoms with Gasteiger partial charge in [0.2, 0.25) is 0 Å². The first-order chi connectivity index (χ1) is 22.9. The Morgan fingerprint density at radius 2 is 1.63 bits per heavy atom. The van der Waals surface area contributed by atoms with Crippen molar-refractivity contribution in [2.75, 3.05) is 14.2 Å². The van der Waals surface area contributed by atoms with Crippen LogP contribution in [0.5, 0.6) is 5.75 Å². The molecule has 4 aromatic rings. The number of imidazole rings is 1. The Morgan fingerprint density at radius 3 is 2.27 bits per heavy atom. The van der Waals surface area contributed by atoms with Crippen LogP contribution >= 0.6 is 0 Å². The first-order valence-corrected chi connectivity index (χ1v) is 17.8. The Morgan fingerprint density at radius 1 is 0.939 bits per heavy atom. The van der Waals surface area contributed by atoms with E-state index in [1.165, 1.54) is 7.11 Å². The van der Waals surface area contributed by atoms with Crippen LogP contribution in [0.15, 0.2) is 34.7 Å². The Kier molecular flexibility index (Phi) is 11.4. The lowest BCUT2D eigenvalue weighted by molar-refractivity contribution is -0.166. The normalized spacial score (nSPS) is 13.4. The molecule has 49 heavy (non-hydrogen) atoms. The first-order valence-electron chi connectivity index (χ1n) is 16.7. The van der Waals surface area contributed by atoms with Crippen molar-refractivity contribution in [3.63, 3.8) is 0 Å². The number of esters is 2. The highest BCUT2D eigenvalue weighted by molar-refractivity contribution is 7.85. The molecule has 0 bridgehead atoms. The summed E-state index contributed by atoms with van der Waals surface area (Å²) in [4.78, 5) is 35.0. The summed E-state index contributed by atoms with van der Waals surface area (Å²) in [6.07, 6.45) is 6.01. The van der Waals surface area contributed by atoms with E-state index in [9.17, 15) is 13.8 Å². The van der Waals surface area contributed by atoms with E-state index >= 15 is 0 Å². The Balaban J connectivity index is 1.66. The standard InChI is InChI=1S/C37H51N5O6S/c1-35(2,3)48-34(44)37(7,8)18-14-12-13-15-19-42-28(21-24-16-17-26(39-31(24)42)23-38-49(45)36(4,5)6)32-40-27-20-25(33(43)47-11)22-29(46-10)30(27)41(32)9/h16-17,20-23H,12-15,18-19H2,1-11H3. The molecule has 0 fully saturated rings. The van der Waals surface area contributed by atoms with Crippen LogP contribution < -0.4 is 4.74 Å². The molecular weight excluding hydrogens is 643 g/mol. The second kappa shape index (κ2) is 14.8. The third kappa shape index (κ3) is 8.95. The minimum absolute atomic E-state index is 0.169. The van der Waals surface area contributed by atoms with E-state index in [4.69, 9.17) is 24.2 Å². The van der Waals surface area contributed by atoms with Crippen molar-refractivity contribution in [3.8, 4) is 17.3 Å². The lowest BCUT2D eigenvalue weighted by Crippen LogP contribution is -2.33. The SMILES string of the molecule is COC(=O)c1cc(OC)c2c(c1)nc(-c1cc3ccc(C=NS(=O)C(C)(C)C)nc3n1CCCCCCC(C)(C)C(=O)OC(C)(C)C)n2C. The number of aryl methyl sites for hydroxylation is 2. The molecule has 0 aliphatic carbocycles. The van der Waals surface area contributed by atoms with Gasteiger partial charge in [0, 0.05) is 19.0 Å². The number of unbranched alkanes of at least 4 members (excludes halogenated alkanes) is 3. The number of benzene rings is 1. The lowest BCUT2D eigenvalue weighted by atomic mass is 9.86. The number of hydrogen-bond acceptors (Lipinski definition) is 8. The van der Waals surface area contributed by atoms with E-state index in [2.05, 4.69) is 15.0 Å². The fourth-order valence-corrected chi connectivity index (χ4v) is 6.05. The molecule has 0 saturated carbocycles. The molecule has 3 heterocycles. The first kappa shape index (κ1) is 37.8. The maximum Gasteiger partial charge on any atom is 0.338 e. The number of carbonyl (C=O) groups excluding carboxylic acids is 2. The molecule has 266 valence electrons. The monoisotopic (exact) mass is 693 g/mol. The van der Waals surface area contributed by atoms with Crippen LogP contribution in [-0.2, 0) is 38.8 Å². The van der Waals surface area contributed by atoms with Crippen molar-refractivity contribution in [2.24, 2.45) is 16.9 Å². The third-order valence-electron chi connectivity index (χ3n) is 8.26. The Hall–Kier alpha value is -4.06. The number of pyridine rings is 1. The molecule has 1 aromatic carbocycles. The molecule has 0 radical (unpaired) electrons. The van der Waals surface area contributed by atoms with Crippen LogP contribution in [0.25, 0.3) is 33.6 Å². The van der Waals surface area contributed by atoms with Crippen LogP contribution in [0.2, 0.25) is 0 Å². The summed E-state index contributed by atoms with van der Waals surface area (Å²) in [6, 6.07) is 9.29. The van der Waals surface area contributed by atoms with E-state index in [0.717, 1.165) is 54.3 Å². The number of methoxy groups -OCH3 is 2. The highest BCUT2D eigenvalue weighted by Gasteiger charge is 2.32. The minimum Gasteiger partial charge on any atom is -0.494 e. The van der Waals surface area contributed by atoms with Gasteiger partial charge in [-0.05, 0) is 98.6 Å². The molecule has 0 amide bonds. The van der Waals surface area contributed by atoms with Gasteiger partial charge in [-0.3, -0.25) is 4.79 Å². The average molecular weight is 694 g/mol. The largest absolute Gasteiger partial charge is 0.494 e. The molecule has 0 N–H and O–H groups in total. The zero-order valence-corrected chi connectivity index (χ0v) is 31.6. The van der Waals surface area contributed by atoms with Gasteiger partial charge < -0.3 is 23.3 Å². The number of carbonyl (C=O) groups is 2. The highest BCUT2D eigenvalue weighted by Crippen LogP contribution is 2.35. The second-order valence-electron chi connectivity index (χ2n) is 15.0. The zero-order valence-electron chi connectivity index (χ0n) is 30.8. The van der Waals surface area contributed by atoms with Crippen molar-refractivity contribution < 1.29 is 28.0 Å². The summed E-state index contributed by atoms with van der Waals surface area (Å²) in [6.45, 7) is 15.9. The fraction of sp³-hybridized carbons (Fsp3) is 0.541. The van der Waals surface area contributed by atoms with Gasteiger partial charge in [0.05, 0.1) is 53.1 Å². The zero-order chi connectivity index (χ0) is 36.3. The molecule has 12 heteroatoms. The minimum atomic E-state index is -1.41. The molecule has 4 rings (SSSR count). The van der Waals surface area contributed by atoms with Gasteiger partial charge in [0.25, 0.3) is 0 Å². The van der Waals surface area contributed by atoms with Gasteiger partial charge in [0.15, 0.2) is 5.82 Å². The molecule has 0 aliphatic rings. The third-order valence-corrected chi connectivity index (χ3v) is 9.60. The van der Waals surface area contributed by atoms with Gasteiger partial charge in [-0.1, -0.05) is 19.3 Å². The maximum absolute atomic E-state index is 12.7. The number of rotatable bonds is 13. The van der Waals surface area contributed by atoms with Gasteiger partial charge in [-0.2, -0.15) is 4.40 Å². The summed E-state index contributed by atoms with van der Waals surface area (Å²) in [5.41, 5.74) is 2.88. The molecule has 1 atom stereocenters. The topological polar surface area (TPSA) is 127 Å². The smallest absolute Gasteiger partial charge is 0.338 e. The van der Waals surface area contributed by atoms with Crippen LogP contribution in [0, 0.1) is 5.41 Å². The second-order valence-corrected chi connectivity index (χ2v) is 16.9. The van der Waals surface area contributed by atoms with Crippen LogP contribution in [0.1, 0.15) is 104 Å². The van der Waals surface area contributed by atoms with E-state index < -0.39 is 32.7 Å². The summed E-state index contributed by atoms with van der Waals surface area (Å²) in [5.74, 6) is 0.566. The van der Waals surface area contributed by atoms with Crippen molar-refractivity contribution in [1.29, 1.82) is 0 Å². The van der Waals surface area contributed by atoms with Gasteiger partial charge in [-0.25, -0.2) is 19.0 Å². The van der Waals surface area contributed by atoms with Crippen molar-refractivity contribution in [2.45, 2.75) is 104 Å². The molecule has 0 spiro atoms. The van der Waals surface area contributed by atoms with Crippen molar-refractivity contribution in [3.05, 3.63) is 41.6 Å². The highest BCUT2D eigenvalue weighted by atomic mass is 32.2. The summed E-state index contributed by atoms with van der Waals surface area (Å²) in [7, 11) is 3.42. The van der Waals surface area contributed by atoms with Gasteiger partial charge in [-0.15, -0.1) is 0 Å². The fourth-order valence-electron chi connectivity index (χ4n) is 5.53. The van der Waals surface area contributed by atoms with Crippen LogP contribution in [0.4, 0.5) is 0 Å². The predicted octanol–water partition coefficient (Wildman–Crippen LogP) is 7.58. The Bertz CT molecular complexity index is 1890. The average Bonchev–Trinajstić information content (AvgIpc) is 3.55. The van der Waals surface area contributed by atoms with Gasteiger partial charge >= 0.3 is 11.9 Å². The molecule has 0 aliphatic heterocycles. The van der Waals surface area contributed by atoms with E-state index in [0.29, 0.717) is 34.9 Å². The van der Waals surface area contributed by atoms with Crippen molar-refractivity contribution in [1.82, 2.24) is 19.1 Å². The van der Waals surface area contributed by atoms with Gasteiger partial charge in [0.1, 0.15) is 33.5 Å². The van der Waals surface area contributed by atoms with Crippen molar-refractivity contribution >= 4 is 51.2 Å². The van der Waals surface area contributed by atoms with E-state index in [-0.39, 0.29) is 5.97 Å². The number of ether oxygens (including phenoxy) is 3. The molecule has 1 unspecified atom stereocenters.